The monoisotopic (exact) mass is 277 g/mol. The minimum Gasteiger partial charge on any atom is -0.486 e. The van der Waals surface area contributed by atoms with Crippen LogP contribution in [0.25, 0.3) is 0 Å². The molecule has 110 valence electrons. The average molecular weight is 277 g/mol. The standard InChI is InChI=1S/C16H23NO3/c1-11(17-10-13-3-2-4-14(13)18)12-5-6-15-16(9-12)20-8-7-19-15/h5-6,9,11,13-14,17-18H,2-4,7-8,10H2,1H3. The molecule has 1 fully saturated rings. The van der Waals surface area contributed by atoms with E-state index in [-0.39, 0.29) is 12.1 Å². The van der Waals surface area contributed by atoms with E-state index in [9.17, 15) is 5.11 Å². The normalized spacial score (nSPS) is 26.5. The lowest BCUT2D eigenvalue weighted by Gasteiger charge is -2.22. The lowest BCUT2D eigenvalue weighted by atomic mass is 10.0. The summed E-state index contributed by atoms with van der Waals surface area (Å²) in [6.45, 7) is 4.26. The largest absolute Gasteiger partial charge is 0.486 e. The Kier molecular flexibility index (Phi) is 4.13. The highest BCUT2D eigenvalue weighted by molar-refractivity contribution is 5.44. The molecule has 2 aliphatic rings. The smallest absolute Gasteiger partial charge is 0.161 e. The molecule has 3 atom stereocenters. The Bertz CT molecular complexity index is 463. The van der Waals surface area contributed by atoms with Gasteiger partial charge in [0.1, 0.15) is 13.2 Å². The van der Waals surface area contributed by atoms with Gasteiger partial charge < -0.3 is 19.9 Å². The van der Waals surface area contributed by atoms with Crippen LogP contribution in [-0.2, 0) is 0 Å². The molecule has 1 aliphatic heterocycles. The third kappa shape index (κ3) is 2.91. The molecule has 3 rings (SSSR count). The Hall–Kier alpha value is -1.26. The van der Waals surface area contributed by atoms with Gasteiger partial charge in [0.2, 0.25) is 0 Å². The predicted molar refractivity (Wildman–Crippen MR) is 77.2 cm³/mol. The zero-order chi connectivity index (χ0) is 13.9. The first-order valence-corrected chi connectivity index (χ1v) is 7.55. The third-order valence-corrected chi connectivity index (χ3v) is 4.37. The summed E-state index contributed by atoms with van der Waals surface area (Å²) in [6.07, 6.45) is 3.09. The van der Waals surface area contributed by atoms with Gasteiger partial charge in [-0.3, -0.25) is 0 Å². The van der Waals surface area contributed by atoms with Crippen LogP contribution < -0.4 is 14.8 Å². The lowest BCUT2D eigenvalue weighted by Crippen LogP contribution is -2.29. The number of hydrogen-bond acceptors (Lipinski definition) is 4. The van der Waals surface area contributed by atoms with Crippen molar-refractivity contribution in [2.75, 3.05) is 19.8 Å². The van der Waals surface area contributed by atoms with Gasteiger partial charge in [0.25, 0.3) is 0 Å². The highest BCUT2D eigenvalue weighted by atomic mass is 16.6. The minimum atomic E-state index is -0.130. The predicted octanol–water partition coefficient (Wildman–Crippen LogP) is 2.27. The van der Waals surface area contributed by atoms with E-state index in [0.29, 0.717) is 19.1 Å². The first-order chi connectivity index (χ1) is 9.74. The van der Waals surface area contributed by atoms with Gasteiger partial charge in [0.05, 0.1) is 6.10 Å². The quantitative estimate of drug-likeness (QED) is 0.886. The average Bonchev–Trinajstić information content (AvgIpc) is 2.89. The Morgan fingerprint density at radius 3 is 2.80 bits per heavy atom. The summed E-state index contributed by atoms with van der Waals surface area (Å²) in [4.78, 5) is 0. The van der Waals surface area contributed by atoms with Crippen LogP contribution in [0.2, 0.25) is 0 Å². The summed E-state index contributed by atoms with van der Waals surface area (Å²) < 4.78 is 11.2. The molecule has 0 radical (unpaired) electrons. The van der Waals surface area contributed by atoms with E-state index in [4.69, 9.17) is 9.47 Å². The summed E-state index contributed by atoms with van der Waals surface area (Å²) in [5, 5.41) is 13.4. The molecule has 0 saturated heterocycles. The van der Waals surface area contributed by atoms with Gasteiger partial charge >= 0.3 is 0 Å². The molecule has 20 heavy (non-hydrogen) atoms. The zero-order valence-corrected chi connectivity index (χ0v) is 12.0. The van der Waals surface area contributed by atoms with Crippen molar-refractivity contribution < 1.29 is 14.6 Å². The van der Waals surface area contributed by atoms with Crippen molar-refractivity contribution in [2.24, 2.45) is 5.92 Å². The second kappa shape index (κ2) is 6.02. The van der Waals surface area contributed by atoms with E-state index in [0.717, 1.165) is 37.3 Å². The topological polar surface area (TPSA) is 50.7 Å². The number of aliphatic hydroxyl groups is 1. The van der Waals surface area contributed by atoms with E-state index >= 15 is 0 Å². The molecule has 1 aromatic carbocycles. The van der Waals surface area contributed by atoms with E-state index in [1.165, 1.54) is 5.56 Å². The van der Waals surface area contributed by atoms with Crippen LogP contribution >= 0.6 is 0 Å². The molecule has 0 amide bonds. The van der Waals surface area contributed by atoms with Gasteiger partial charge in [-0.25, -0.2) is 0 Å². The molecule has 1 aliphatic carbocycles. The van der Waals surface area contributed by atoms with Crippen LogP contribution in [0.15, 0.2) is 18.2 Å². The van der Waals surface area contributed by atoms with Crippen molar-refractivity contribution in [3.8, 4) is 11.5 Å². The fraction of sp³-hybridized carbons (Fsp3) is 0.625. The van der Waals surface area contributed by atoms with Gasteiger partial charge in [0.15, 0.2) is 11.5 Å². The summed E-state index contributed by atoms with van der Waals surface area (Å²) in [6, 6.07) is 6.36. The number of fused-ring (bicyclic) bond motifs is 1. The maximum absolute atomic E-state index is 9.85. The molecular formula is C16H23NO3. The Labute approximate surface area is 120 Å². The van der Waals surface area contributed by atoms with Crippen LogP contribution in [0, 0.1) is 5.92 Å². The zero-order valence-electron chi connectivity index (χ0n) is 12.0. The van der Waals surface area contributed by atoms with Gasteiger partial charge in [-0.1, -0.05) is 12.5 Å². The molecule has 1 saturated carbocycles. The van der Waals surface area contributed by atoms with Crippen molar-refractivity contribution in [3.63, 3.8) is 0 Å². The molecule has 0 aromatic heterocycles. The van der Waals surface area contributed by atoms with E-state index in [1.807, 2.05) is 6.07 Å². The first kappa shape index (κ1) is 13.7. The van der Waals surface area contributed by atoms with E-state index in [1.54, 1.807) is 0 Å². The fourth-order valence-corrected chi connectivity index (χ4v) is 3.03. The van der Waals surface area contributed by atoms with Crippen molar-refractivity contribution in [1.82, 2.24) is 5.32 Å². The SMILES string of the molecule is CC(NCC1CCCC1O)c1ccc2c(c1)OCCO2. The molecule has 2 N–H and O–H groups in total. The molecule has 1 aromatic rings. The summed E-state index contributed by atoms with van der Waals surface area (Å²) >= 11 is 0. The number of aliphatic hydroxyl groups excluding tert-OH is 1. The summed E-state index contributed by atoms with van der Waals surface area (Å²) in [5.41, 5.74) is 1.20. The van der Waals surface area contributed by atoms with Gasteiger partial charge in [0, 0.05) is 12.6 Å². The molecular weight excluding hydrogens is 254 g/mol. The van der Waals surface area contributed by atoms with Crippen LogP contribution in [-0.4, -0.2) is 31.0 Å². The Balaban J connectivity index is 1.60. The number of nitrogens with one attached hydrogen (secondary N) is 1. The fourth-order valence-electron chi connectivity index (χ4n) is 3.03. The van der Waals surface area contributed by atoms with Gasteiger partial charge in [-0.05, 0) is 43.4 Å². The molecule has 1 heterocycles. The Morgan fingerprint density at radius 2 is 2.05 bits per heavy atom. The molecule has 0 spiro atoms. The van der Waals surface area contributed by atoms with Crippen molar-refractivity contribution in [2.45, 2.75) is 38.3 Å². The molecule has 4 heteroatoms. The number of benzene rings is 1. The number of ether oxygens (including phenoxy) is 2. The molecule has 3 unspecified atom stereocenters. The second-order valence-electron chi connectivity index (χ2n) is 5.79. The first-order valence-electron chi connectivity index (χ1n) is 7.55. The van der Waals surface area contributed by atoms with E-state index in [2.05, 4.69) is 24.4 Å². The van der Waals surface area contributed by atoms with Gasteiger partial charge in [-0.15, -0.1) is 0 Å². The summed E-state index contributed by atoms with van der Waals surface area (Å²) in [5.74, 6) is 2.07. The maximum Gasteiger partial charge on any atom is 0.161 e. The van der Waals surface area contributed by atoms with Crippen LogP contribution in [0.3, 0.4) is 0 Å². The number of rotatable bonds is 4. The highest BCUT2D eigenvalue weighted by Gasteiger charge is 2.25. The molecule has 4 nitrogen and oxygen atoms in total. The maximum atomic E-state index is 9.85. The molecule has 0 bridgehead atoms. The highest BCUT2D eigenvalue weighted by Crippen LogP contribution is 2.33. The van der Waals surface area contributed by atoms with Crippen molar-refractivity contribution in [1.29, 1.82) is 0 Å². The van der Waals surface area contributed by atoms with Crippen molar-refractivity contribution >= 4 is 0 Å². The van der Waals surface area contributed by atoms with Crippen LogP contribution in [0.4, 0.5) is 0 Å². The Morgan fingerprint density at radius 1 is 1.25 bits per heavy atom. The van der Waals surface area contributed by atoms with E-state index < -0.39 is 0 Å². The lowest BCUT2D eigenvalue weighted by molar-refractivity contribution is 0.130. The minimum absolute atomic E-state index is 0.130. The van der Waals surface area contributed by atoms with Crippen LogP contribution in [0.5, 0.6) is 11.5 Å². The summed E-state index contributed by atoms with van der Waals surface area (Å²) in [7, 11) is 0. The third-order valence-electron chi connectivity index (χ3n) is 4.37. The second-order valence-corrected chi connectivity index (χ2v) is 5.79. The van der Waals surface area contributed by atoms with Crippen LogP contribution in [0.1, 0.15) is 37.8 Å². The van der Waals surface area contributed by atoms with Gasteiger partial charge in [-0.2, -0.15) is 0 Å². The van der Waals surface area contributed by atoms with Crippen molar-refractivity contribution in [3.05, 3.63) is 23.8 Å². The number of hydrogen-bond donors (Lipinski definition) is 2.